The lowest BCUT2D eigenvalue weighted by Gasteiger charge is -2.21. The van der Waals surface area contributed by atoms with Crippen LogP contribution in [0.3, 0.4) is 0 Å². The molecule has 138 valence electrons. The summed E-state index contributed by atoms with van der Waals surface area (Å²) in [5.74, 6) is -0.153. The van der Waals surface area contributed by atoms with Crippen LogP contribution in [0, 0.1) is 11.6 Å². The van der Waals surface area contributed by atoms with Gasteiger partial charge in [-0.3, -0.25) is 0 Å². The van der Waals surface area contributed by atoms with Gasteiger partial charge in [-0.05, 0) is 29.8 Å². The van der Waals surface area contributed by atoms with E-state index in [1.165, 1.54) is 30.0 Å². The van der Waals surface area contributed by atoms with E-state index < -0.39 is 17.2 Å². The molecule has 3 aromatic rings. The van der Waals surface area contributed by atoms with Crippen LogP contribution in [0.5, 0.6) is 0 Å². The molecule has 0 saturated heterocycles. The van der Waals surface area contributed by atoms with Crippen molar-refractivity contribution in [2.75, 3.05) is 5.75 Å². The molecule has 0 amide bonds. The van der Waals surface area contributed by atoms with E-state index in [0.717, 1.165) is 22.0 Å². The zero-order valence-electron chi connectivity index (χ0n) is 14.9. The number of hydrogen-bond acceptors (Lipinski definition) is 3. The Morgan fingerprint density at radius 3 is 2.52 bits per heavy atom. The maximum Gasteiger partial charge on any atom is 0.149 e. The number of halogens is 2. The zero-order valence-corrected chi connectivity index (χ0v) is 15.7. The summed E-state index contributed by atoms with van der Waals surface area (Å²) >= 11 is 1.45. The van der Waals surface area contributed by atoms with Crippen LogP contribution in [0.15, 0.2) is 65.8 Å². The molecule has 0 radical (unpaired) electrons. The average molecular weight is 383 g/mol. The second-order valence-corrected chi connectivity index (χ2v) is 7.96. The molecule has 1 aliphatic heterocycles. The highest BCUT2D eigenvalue weighted by atomic mass is 32.2. The van der Waals surface area contributed by atoms with E-state index in [-0.39, 0.29) is 11.3 Å². The lowest BCUT2D eigenvalue weighted by atomic mass is 9.94. The summed E-state index contributed by atoms with van der Waals surface area (Å²) in [7, 11) is 0. The van der Waals surface area contributed by atoms with Crippen molar-refractivity contribution in [2.45, 2.75) is 24.7 Å². The Labute approximate surface area is 161 Å². The summed E-state index contributed by atoms with van der Waals surface area (Å²) < 4.78 is 27.5. The fraction of sp³-hybridized carbons (Fsp3) is 0.227. The summed E-state index contributed by atoms with van der Waals surface area (Å²) in [4.78, 5) is 5.73. The Morgan fingerprint density at radius 1 is 1.00 bits per heavy atom. The molecule has 0 saturated carbocycles. The molecule has 5 heteroatoms. The first kappa shape index (κ1) is 18.0. The number of thioether (sulfide) groups is 1. The molecule has 0 aromatic heterocycles. The van der Waals surface area contributed by atoms with E-state index in [1.54, 1.807) is 0 Å². The topological polar surface area (TPSA) is 21.6 Å². The summed E-state index contributed by atoms with van der Waals surface area (Å²) in [5, 5.41) is 6.63. The minimum absolute atomic E-state index is 0.110. The first-order valence-electron chi connectivity index (χ1n) is 8.80. The molecule has 4 rings (SSSR count). The molecule has 0 spiro atoms. The van der Waals surface area contributed by atoms with E-state index >= 15 is 0 Å². The van der Waals surface area contributed by atoms with Gasteiger partial charge in [-0.2, -0.15) is 11.8 Å². The Morgan fingerprint density at radius 2 is 1.70 bits per heavy atom. The van der Waals surface area contributed by atoms with Crippen LogP contribution in [0.2, 0.25) is 0 Å². The van der Waals surface area contributed by atoms with Gasteiger partial charge in [-0.15, -0.1) is 0 Å². The Bertz CT molecular complexity index is 995. The van der Waals surface area contributed by atoms with E-state index in [0.29, 0.717) is 12.2 Å². The van der Waals surface area contributed by atoms with Crippen LogP contribution in [0.25, 0.3) is 10.8 Å². The molecule has 3 aromatic carbocycles. The number of nitrogens with zero attached hydrogens (tertiary/aromatic N) is 1. The monoisotopic (exact) mass is 383 g/mol. The van der Waals surface area contributed by atoms with Gasteiger partial charge in [-0.25, -0.2) is 8.78 Å². The predicted molar refractivity (Wildman–Crippen MR) is 107 cm³/mol. The third kappa shape index (κ3) is 3.69. The van der Waals surface area contributed by atoms with Crippen LogP contribution < -0.4 is 0 Å². The van der Waals surface area contributed by atoms with Crippen molar-refractivity contribution in [1.82, 2.24) is 0 Å². The fourth-order valence-electron chi connectivity index (χ4n) is 3.32. The highest BCUT2D eigenvalue weighted by molar-refractivity contribution is 7.98. The van der Waals surface area contributed by atoms with Gasteiger partial charge >= 0.3 is 0 Å². The SMILES string of the molecule is CC1(CSCc2c(F)cccc2F)CC(c2cccc3ccccc23)=NO1. The van der Waals surface area contributed by atoms with Gasteiger partial charge < -0.3 is 4.84 Å². The number of oxime groups is 1. The van der Waals surface area contributed by atoms with Crippen molar-refractivity contribution in [3.05, 3.63) is 83.4 Å². The predicted octanol–water partition coefficient (Wildman–Crippen LogP) is 5.93. The van der Waals surface area contributed by atoms with Crippen molar-refractivity contribution in [1.29, 1.82) is 0 Å². The van der Waals surface area contributed by atoms with Crippen LogP contribution in [-0.2, 0) is 10.6 Å². The second-order valence-electron chi connectivity index (χ2n) is 6.98. The number of rotatable bonds is 5. The maximum absolute atomic E-state index is 13.8. The highest BCUT2D eigenvalue weighted by Gasteiger charge is 2.35. The molecule has 0 bridgehead atoms. The quantitative estimate of drug-likeness (QED) is 0.544. The van der Waals surface area contributed by atoms with Gasteiger partial charge in [0.05, 0.1) is 5.71 Å². The maximum atomic E-state index is 13.8. The van der Waals surface area contributed by atoms with Gasteiger partial charge in [0, 0.05) is 29.1 Å². The lowest BCUT2D eigenvalue weighted by molar-refractivity contribution is 0.0163. The normalized spacial score (nSPS) is 19.1. The van der Waals surface area contributed by atoms with Crippen LogP contribution in [-0.4, -0.2) is 17.1 Å². The van der Waals surface area contributed by atoms with Gasteiger partial charge in [-0.1, -0.05) is 53.7 Å². The van der Waals surface area contributed by atoms with Gasteiger partial charge in [0.15, 0.2) is 0 Å². The van der Waals surface area contributed by atoms with Gasteiger partial charge in [0.2, 0.25) is 0 Å². The van der Waals surface area contributed by atoms with E-state index in [2.05, 4.69) is 29.4 Å². The standard InChI is InChI=1S/C22H19F2NOS/c1-22(14-27-13-18-19(23)10-5-11-20(18)24)12-21(25-26-22)17-9-4-7-15-6-2-3-8-16(15)17/h2-11H,12-14H2,1H3. The highest BCUT2D eigenvalue weighted by Crippen LogP contribution is 2.33. The first-order valence-corrected chi connectivity index (χ1v) is 9.95. The molecule has 1 atom stereocenters. The zero-order chi connectivity index (χ0) is 18.9. The van der Waals surface area contributed by atoms with Crippen molar-refractivity contribution < 1.29 is 13.6 Å². The third-order valence-corrected chi connectivity index (χ3v) is 6.04. The van der Waals surface area contributed by atoms with Crippen molar-refractivity contribution in [2.24, 2.45) is 5.16 Å². The average Bonchev–Trinajstić information content (AvgIpc) is 3.06. The molecule has 27 heavy (non-hydrogen) atoms. The van der Waals surface area contributed by atoms with E-state index in [1.807, 2.05) is 25.1 Å². The minimum Gasteiger partial charge on any atom is -0.388 e. The molecule has 1 unspecified atom stereocenters. The van der Waals surface area contributed by atoms with E-state index in [4.69, 9.17) is 4.84 Å². The molecular weight excluding hydrogens is 364 g/mol. The molecule has 2 nitrogen and oxygen atoms in total. The number of benzene rings is 3. The minimum atomic E-state index is -0.507. The first-order chi connectivity index (χ1) is 13.1. The molecule has 0 N–H and O–H groups in total. The lowest BCUT2D eigenvalue weighted by Crippen LogP contribution is -2.28. The largest absolute Gasteiger partial charge is 0.388 e. The van der Waals surface area contributed by atoms with Crippen LogP contribution >= 0.6 is 11.8 Å². The summed E-state index contributed by atoms with van der Waals surface area (Å²) in [5.41, 5.74) is 1.60. The Hall–Kier alpha value is -2.40. The third-order valence-electron chi connectivity index (χ3n) is 4.73. The Balaban J connectivity index is 1.45. The smallest absolute Gasteiger partial charge is 0.149 e. The fourth-order valence-corrected chi connectivity index (χ4v) is 4.49. The summed E-state index contributed by atoms with van der Waals surface area (Å²) in [6.07, 6.45) is 0.660. The Kier molecular flexibility index (Phi) is 4.87. The summed E-state index contributed by atoms with van der Waals surface area (Å²) in [6.45, 7) is 1.99. The summed E-state index contributed by atoms with van der Waals surface area (Å²) in [6, 6.07) is 18.3. The second kappa shape index (κ2) is 7.31. The molecular formula is C22H19F2NOS. The van der Waals surface area contributed by atoms with Crippen molar-refractivity contribution in [3.8, 4) is 0 Å². The number of hydrogen-bond donors (Lipinski definition) is 0. The molecule has 0 fully saturated rings. The van der Waals surface area contributed by atoms with Gasteiger partial charge in [0.1, 0.15) is 17.2 Å². The molecule has 1 aliphatic rings. The van der Waals surface area contributed by atoms with Crippen molar-refractivity contribution in [3.63, 3.8) is 0 Å². The molecule has 0 aliphatic carbocycles. The number of fused-ring (bicyclic) bond motifs is 1. The van der Waals surface area contributed by atoms with E-state index in [9.17, 15) is 8.78 Å². The van der Waals surface area contributed by atoms with Crippen LogP contribution in [0.1, 0.15) is 24.5 Å². The van der Waals surface area contributed by atoms with Crippen LogP contribution in [0.4, 0.5) is 8.78 Å². The van der Waals surface area contributed by atoms with Gasteiger partial charge in [0.25, 0.3) is 0 Å². The molecule has 1 heterocycles. The van der Waals surface area contributed by atoms with Crippen molar-refractivity contribution >= 4 is 28.2 Å².